The van der Waals surface area contributed by atoms with Crippen LogP contribution in [0.15, 0.2) is 61.4 Å². The van der Waals surface area contributed by atoms with E-state index in [1.165, 1.54) is 12.4 Å². The molecule has 5 rings (SSSR count). The zero-order valence-electron chi connectivity index (χ0n) is 20.3. The van der Waals surface area contributed by atoms with E-state index in [4.69, 9.17) is 10.5 Å². The van der Waals surface area contributed by atoms with Crippen molar-refractivity contribution in [1.29, 1.82) is 0 Å². The maximum absolute atomic E-state index is 12.5. The van der Waals surface area contributed by atoms with E-state index < -0.39 is 0 Å². The van der Waals surface area contributed by atoms with Gasteiger partial charge in [0, 0.05) is 42.5 Å². The number of carbonyl (C=O) groups excluding carboxylic acids is 1. The van der Waals surface area contributed by atoms with E-state index in [0.717, 1.165) is 27.9 Å². The van der Waals surface area contributed by atoms with Crippen LogP contribution in [0.3, 0.4) is 0 Å². The molecular weight excluding hydrogens is 456 g/mol. The molecule has 1 saturated heterocycles. The van der Waals surface area contributed by atoms with Crippen LogP contribution in [0.25, 0.3) is 22.2 Å². The van der Waals surface area contributed by atoms with Gasteiger partial charge in [0.2, 0.25) is 11.8 Å². The second kappa shape index (κ2) is 9.43. The molecule has 1 unspecified atom stereocenters. The number of hydrogen-bond donors (Lipinski definition) is 2. The minimum Gasteiger partial charge on any atom is -0.439 e. The van der Waals surface area contributed by atoms with Gasteiger partial charge in [0.25, 0.3) is 0 Å². The lowest BCUT2D eigenvalue weighted by Gasteiger charge is -2.21. The van der Waals surface area contributed by atoms with Gasteiger partial charge in [-0.1, -0.05) is 24.8 Å². The number of carbonyl (C=O) groups is 1. The van der Waals surface area contributed by atoms with Crippen molar-refractivity contribution in [3.8, 4) is 22.8 Å². The van der Waals surface area contributed by atoms with Crippen LogP contribution in [0.5, 0.6) is 11.6 Å². The summed E-state index contributed by atoms with van der Waals surface area (Å²) in [6.07, 6.45) is 3.36. The van der Waals surface area contributed by atoms with Crippen molar-refractivity contribution < 1.29 is 14.6 Å². The number of rotatable bonds is 6. The molecule has 4 heterocycles. The molecule has 36 heavy (non-hydrogen) atoms. The highest BCUT2D eigenvalue weighted by Crippen LogP contribution is 2.44. The van der Waals surface area contributed by atoms with Crippen LogP contribution in [0, 0.1) is 6.92 Å². The molecule has 2 atom stereocenters. The third-order valence-electron chi connectivity index (χ3n) is 6.74. The van der Waals surface area contributed by atoms with Gasteiger partial charge < -0.3 is 25.0 Å². The second-order valence-corrected chi connectivity index (χ2v) is 8.98. The number of hydrogen-bond acceptors (Lipinski definition) is 7. The largest absolute Gasteiger partial charge is 0.439 e. The number of nitrogens with zero attached hydrogens (tertiary/aromatic N) is 5. The molecule has 184 valence electrons. The summed E-state index contributed by atoms with van der Waals surface area (Å²) >= 11 is 0. The number of aromatic nitrogens is 4. The summed E-state index contributed by atoms with van der Waals surface area (Å²) in [6, 6.07) is 13.1. The molecule has 1 aromatic carbocycles. The van der Waals surface area contributed by atoms with E-state index >= 15 is 0 Å². The van der Waals surface area contributed by atoms with Crippen LogP contribution in [-0.2, 0) is 11.8 Å². The number of aliphatic hydroxyl groups excluding tert-OH is 1. The van der Waals surface area contributed by atoms with E-state index in [2.05, 4.69) is 21.5 Å². The molecule has 3 aromatic heterocycles. The Hall–Kier alpha value is -4.24. The molecule has 0 aliphatic carbocycles. The van der Waals surface area contributed by atoms with Crippen molar-refractivity contribution in [1.82, 2.24) is 24.4 Å². The summed E-state index contributed by atoms with van der Waals surface area (Å²) in [5.41, 5.74) is 10.8. The molecule has 0 saturated carbocycles. The lowest BCUT2D eigenvalue weighted by molar-refractivity contribution is -0.127. The zero-order valence-corrected chi connectivity index (χ0v) is 20.3. The highest BCUT2D eigenvalue weighted by Gasteiger charge is 2.38. The average molecular weight is 485 g/mol. The Kier molecular flexibility index (Phi) is 6.15. The van der Waals surface area contributed by atoms with Crippen molar-refractivity contribution in [2.24, 2.45) is 7.05 Å². The maximum atomic E-state index is 12.5. The molecule has 9 nitrogen and oxygen atoms in total. The number of ether oxygens (including phenoxy) is 1. The molecule has 3 N–H and O–H groups in total. The number of amides is 1. The molecule has 4 aromatic rings. The summed E-state index contributed by atoms with van der Waals surface area (Å²) in [5, 5.41) is 10.7. The number of nitrogen functional groups attached to an aromatic ring is 1. The van der Waals surface area contributed by atoms with Crippen molar-refractivity contribution in [3.63, 3.8) is 0 Å². The van der Waals surface area contributed by atoms with E-state index in [9.17, 15) is 9.90 Å². The van der Waals surface area contributed by atoms with Crippen LogP contribution >= 0.6 is 0 Å². The van der Waals surface area contributed by atoms with Crippen molar-refractivity contribution in [2.75, 3.05) is 18.9 Å². The summed E-state index contributed by atoms with van der Waals surface area (Å²) in [6.45, 7) is 5.87. The predicted molar refractivity (Wildman–Crippen MR) is 138 cm³/mol. The molecule has 1 aliphatic heterocycles. The zero-order chi connectivity index (χ0) is 25.4. The van der Waals surface area contributed by atoms with Gasteiger partial charge in [-0.15, -0.1) is 0 Å². The van der Waals surface area contributed by atoms with Gasteiger partial charge in [-0.3, -0.25) is 4.79 Å². The first-order valence-corrected chi connectivity index (χ1v) is 11.8. The Morgan fingerprint density at radius 1 is 1.25 bits per heavy atom. The number of nitrogens with two attached hydrogens (primary N) is 1. The van der Waals surface area contributed by atoms with Crippen molar-refractivity contribution in [3.05, 3.63) is 72.8 Å². The first-order valence-electron chi connectivity index (χ1n) is 11.8. The number of fused-ring (bicyclic) bond motifs is 1. The van der Waals surface area contributed by atoms with Gasteiger partial charge in [0.05, 0.1) is 18.0 Å². The number of aryl methyl sites for hydroxylation is 2. The third kappa shape index (κ3) is 4.07. The highest BCUT2D eigenvalue weighted by atomic mass is 16.5. The number of likely N-dealkylation sites (tertiary alicyclic amines) is 1. The Balaban J connectivity index is 1.58. The molecule has 1 aliphatic rings. The van der Waals surface area contributed by atoms with E-state index in [0.29, 0.717) is 36.1 Å². The molecular formula is C27H28N6O3. The van der Waals surface area contributed by atoms with Gasteiger partial charge in [-0.25, -0.2) is 15.0 Å². The first-order chi connectivity index (χ1) is 17.4. The van der Waals surface area contributed by atoms with Crippen LogP contribution in [0.2, 0.25) is 0 Å². The van der Waals surface area contributed by atoms with E-state index in [1.807, 2.05) is 61.0 Å². The maximum Gasteiger partial charge on any atom is 0.246 e. The summed E-state index contributed by atoms with van der Waals surface area (Å²) in [7, 11) is 1.94. The molecule has 9 heteroatoms. The average Bonchev–Trinajstić information content (AvgIpc) is 3.44. The lowest BCUT2D eigenvalue weighted by atomic mass is 9.93. The Morgan fingerprint density at radius 3 is 2.72 bits per heavy atom. The van der Waals surface area contributed by atoms with Gasteiger partial charge >= 0.3 is 0 Å². The van der Waals surface area contributed by atoms with Gasteiger partial charge in [0.1, 0.15) is 23.5 Å². The monoisotopic (exact) mass is 484 g/mol. The standard InChI is InChI=1S/C27H28N6O3/c1-4-22(35)33-13-18(12-19(33)14-34)25-23(24-26(28)29-15-30-27(24)32(25)3)17-8-10-20(11-9-17)36-21-7-5-6-16(2)31-21/h4-11,15,18-19,34H,1,12-14H2,2-3H3,(H2,28,29,30)/t18?,19-/m1/s1. The SMILES string of the molecule is C=CC(=O)N1CC(c2c(-c3ccc(Oc4cccc(C)n4)cc3)c3c(N)ncnc3n2C)C[C@@H]1CO. The normalized spacial score (nSPS) is 17.5. The smallest absolute Gasteiger partial charge is 0.246 e. The van der Waals surface area contributed by atoms with E-state index in [-0.39, 0.29) is 24.5 Å². The number of pyridine rings is 1. The summed E-state index contributed by atoms with van der Waals surface area (Å²) in [5.74, 6) is 1.34. The minimum absolute atomic E-state index is 0.0351. The van der Waals surface area contributed by atoms with Gasteiger partial charge in [-0.2, -0.15) is 0 Å². The fraction of sp³-hybridized carbons (Fsp3) is 0.259. The van der Waals surface area contributed by atoms with Gasteiger partial charge in [0.15, 0.2) is 0 Å². The minimum atomic E-state index is -0.285. The van der Waals surface area contributed by atoms with Crippen LogP contribution < -0.4 is 10.5 Å². The summed E-state index contributed by atoms with van der Waals surface area (Å²) in [4.78, 5) is 27.3. The first kappa shape index (κ1) is 23.5. The Bertz CT molecular complexity index is 1450. The fourth-order valence-electron chi connectivity index (χ4n) is 5.12. The topological polar surface area (TPSA) is 119 Å². The Labute approximate surface area is 208 Å². The number of aliphatic hydroxyl groups is 1. The van der Waals surface area contributed by atoms with Gasteiger partial charge in [-0.05, 0) is 43.2 Å². The number of benzene rings is 1. The van der Waals surface area contributed by atoms with Crippen molar-refractivity contribution >= 4 is 22.8 Å². The van der Waals surface area contributed by atoms with E-state index in [1.54, 1.807) is 4.90 Å². The second-order valence-electron chi connectivity index (χ2n) is 8.98. The molecule has 0 bridgehead atoms. The summed E-state index contributed by atoms with van der Waals surface area (Å²) < 4.78 is 7.95. The molecule has 0 spiro atoms. The fourth-order valence-corrected chi connectivity index (χ4v) is 5.12. The lowest BCUT2D eigenvalue weighted by Crippen LogP contribution is -2.36. The Morgan fingerprint density at radius 2 is 2.03 bits per heavy atom. The molecule has 0 radical (unpaired) electrons. The molecule has 1 amide bonds. The number of anilines is 1. The molecule has 1 fully saturated rings. The van der Waals surface area contributed by atoms with Crippen molar-refractivity contribution in [2.45, 2.75) is 25.3 Å². The van der Waals surface area contributed by atoms with Crippen LogP contribution in [-0.4, -0.2) is 54.6 Å². The van der Waals surface area contributed by atoms with Crippen LogP contribution in [0.1, 0.15) is 23.7 Å². The highest BCUT2D eigenvalue weighted by molar-refractivity contribution is 6.02. The predicted octanol–water partition coefficient (Wildman–Crippen LogP) is 3.58. The quantitative estimate of drug-likeness (QED) is 0.402. The third-order valence-corrected chi connectivity index (χ3v) is 6.74. The van der Waals surface area contributed by atoms with Crippen LogP contribution in [0.4, 0.5) is 5.82 Å².